The van der Waals surface area contributed by atoms with Gasteiger partial charge in [0.1, 0.15) is 0 Å². The molecule has 1 amide bonds. The third-order valence-electron chi connectivity index (χ3n) is 4.33. The number of aromatic nitrogens is 2. The first kappa shape index (κ1) is 18.0. The largest absolute Gasteiger partial charge is 0.376 e. The van der Waals surface area contributed by atoms with E-state index in [-0.39, 0.29) is 12.0 Å². The van der Waals surface area contributed by atoms with Crippen molar-refractivity contribution in [3.63, 3.8) is 0 Å². The molecular formula is C19H25N3O2S. The van der Waals surface area contributed by atoms with Crippen molar-refractivity contribution in [2.45, 2.75) is 43.9 Å². The number of imidazole rings is 1. The first-order valence-corrected chi connectivity index (χ1v) is 9.77. The number of amides is 1. The molecular weight excluding hydrogens is 334 g/mol. The third kappa shape index (κ3) is 4.86. The molecule has 1 aliphatic heterocycles. The van der Waals surface area contributed by atoms with Crippen LogP contribution in [0.15, 0.2) is 41.8 Å². The van der Waals surface area contributed by atoms with Gasteiger partial charge in [-0.15, -0.1) is 0 Å². The van der Waals surface area contributed by atoms with Crippen molar-refractivity contribution in [3.8, 4) is 5.69 Å². The van der Waals surface area contributed by atoms with Gasteiger partial charge in [-0.3, -0.25) is 9.36 Å². The zero-order valence-electron chi connectivity index (χ0n) is 14.8. The Hall–Kier alpha value is -1.79. The van der Waals surface area contributed by atoms with Gasteiger partial charge in [0, 0.05) is 31.2 Å². The van der Waals surface area contributed by atoms with Crippen LogP contribution in [-0.2, 0) is 9.53 Å². The summed E-state index contributed by atoms with van der Waals surface area (Å²) < 4.78 is 7.54. The lowest BCUT2D eigenvalue weighted by molar-refractivity contribution is -0.119. The minimum Gasteiger partial charge on any atom is -0.376 e. The number of ether oxygens (including phenoxy) is 1. The molecule has 0 spiro atoms. The van der Waals surface area contributed by atoms with E-state index in [2.05, 4.69) is 48.4 Å². The first-order chi connectivity index (χ1) is 12.1. The summed E-state index contributed by atoms with van der Waals surface area (Å²) in [5.41, 5.74) is 2.37. The highest BCUT2D eigenvalue weighted by molar-refractivity contribution is 7.99. The van der Waals surface area contributed by atoms with Crippen LogP contribution in [0.2, 0.25) is 0 Å². The smallest absolute Gasteiger partial charge is 0.230 e. The molecule has 1 aromatic heterocycles. The fourth-order valence-electron chi connectivity index (χ4n) is 2.83. The SMILES string of the molecule is CC(C)c1ccc(-n2ccnc2SCC(=O)NCC2CCCO2)cc1. The van der Waals surface area contributed by atoms with Crippen LogP contribution < -0.4 is 5.32 Å². The van der Waals surface area contributed by atoms with Crippen molar-refractivity contribution in [2.75, 3.05) is 18.9 Å². The maximum atomic E-state index is 12.0. The molecule has 0 radical (unpaired) electrons. The predicted octanol–water partition coefficient (Wildman–Crippen LogP) is 3.38. The molecule has 1 saturated heterocycles. The summed E-state index contributed by atoms with van der Waals surface area (Å²) in [7, 11) is 0. The maximum Gasteiger partial charge on any atom is 0.230 e. The van der Waals surface area contributed by atoms with E-state index >= 15 is 0 Å². The number of hydrogen-bond acceptors (Lipinski definition) is 4. The van der Waals surface area contributed by atoms with Gasteiger partial charge in [0.05, 0.1) is 11.9 Å². The molecule has 25 heavy (non-hydrogen) atoms. The van der Waals surface area contributed by atoms with Crippen LogP contribution in [0.25, 0.3) is 5.69 Å². The summed E-state index contributed by atoms with van der Waals surface area (Å²) in [4.78, 5) is 16.4. The number of nitrogens with zero attached hydrogens (tertiary/aromatic N) is 2. The van der Waals surface area contributed by atoms with Crippen LogP contribution >= 0.6 is 11.8 Å². The summed E-state index contributed by atoms with van der Waals surface area (Å²) in [6.45, 7) is 5.78. The second-order valence-corrected chi connectivity index (χ2v) is 7.50. The molecule has 1 aliphatic rings. The van der Waals surface area contributed by atoms with Gasteiger partial charge in [0.15, 0.2) is 5.16 Å². The highest BCUT2D eigenvalue weighted by atomic mass is 32.2. The Morgan fingerprint density at radius 2 is 2.20 bits per heavy atom. The molecule has 2 heterocycles. The number of hydrogen-bond donors (Lipinski definition) is 1. The molecule has 0 saturated carbocycles. The summed E-state index contributed by atoms with van der Waals surface area (Å²) in [6.07, 6.45) is 5.99. The number of carbonyl (C=O) groups is 1. The van der Waals surface area contributed by atoms with Crippen LogP contribution in [0.4, 0.5) is 0 Å². The Balaban J connectivity index is 1.55. The van der Waals surface area contributed by atoms with Gasteiger partial charge in [-0.1, -0.05) is 37.7 Å². The van der Waals surface area contributed by atoms with Crippen LogP contribution in [-0.4, -0.2) is 40.5 Å². The van der Waals surface area contributed by atoms with Gasteiger partial charge >= 0.3 is 0 Å². The summed E-state index contributed by atoms with van der Waals surface area (Å²) >= 11 is 1.45. The van der Waals surface area contributed by atoms with Crippen LogP contribution in [0.5, 0.6) is 0 Å². The Morgan fingerprint density at radius 1 is 1.40 bits per heavy atom. The molecule has 0 bridgehead atoms. The minimum absolute atomic E-state index is 0.0187. The maximum absolute atomic E-state index is 12.0. The van der Waals surface area contributed by atoms with Crippen LogP contribution in [0.3, 0.4) is 0 Å². The average molecular weight is 359 g/mol. The van der Waals surface area contributed by atoms with E-state index in [1.54, 1.807) is 6.20 Å². The van der Waals surface area contributed by atoms with Crippen LogP contribution in [0, 0.1) is 0 Å². The molecule has 1 aromatic carbocycles. The highest BCUT2D eigenvalue weighted by Crippen LogP contribution is 2.22. The van der Waals surface area contributed by atoms with Gasteiger partial charge in [-0.2, -0.15) is 0 Å². The Morgan fingerprint density at radius 3 is 2.88 bits per heavy atom. The molecule has 134 valence electrons. The number of nitrogens with one attached hydrogen (secondary N) is 1. The van der Waals surface area contributed by atoms with E-state index in [1.807, 2.05) is 10.8 Å². The van der Waals surface area contributed by atoms with Gasteiger partial charge in [-0.25, -0.2) is 4.98 Å². The van der Waals surface area contributed by atoms with Crippen LogP contribution in [0.1, 0.15) is 38.2 Å². The van der Waals surface area contributed by atoms with E-state index in [4.69, 9.17) is 4.74 Å². The number of rotatable bonds is 7. The Bertz CT molecular complexity index is 691. The van der Waals surface area contributed by atoms with Crippen molar-refractivity contribution in [3.05, 3.63) is 42.2 Å². The van der Waals surface area contributed by atoms with Gasteiger partial charge in [0.2, 0.25) is 5.91 Å². The molecule has 6 heteroatoms. The van der Waals surface area contributed by atoms with Crippen molar-refractivity contribution in [1.82, 2.24) is 14.9 Å². The van der Waals surface area contributed by atoms with Gasteiger partial charge < -0.3 is 10.1 Å². The van der Waals surface area contributed by atoms with E-state index in [1.165, 1.54) is 17.3 Å². The highest BCUT2D eigenvalue weighted by Gasteiger charge is 2.16. The lowest BCUT2D eigenvalue weighted by Gasteiger charge is -2.11. The van der Waals surface area contributed by atoms with Crippen molar-refractivity contribution in [1.29, 1.82) is 0 Å². The monoisotopic (exact) mass is 359 g/mol. The normalized spacial score (nSPS) is 17.2. The lowest BCUT2D eigenvalue weighted by atomic mass is 10.0. The Labute approximate surface area is 153 Å². The Kier molecular flexibility index (Phi) is 6.15. The van der Waals surface area contributed by atoms with Crippen molar-refractivity contribution < 1.29 is 9.53 Å². The first-order valence-electron chi connectivity index (χ1n) is 8.78. The van der Waals surface area contributed by atoms with Crippen molar-refractivity contribution >= 4 is 17.7 Å². The fourth-order valence-corrected chi connectivity index (χ4v) is 3.63. The molecule has 3 rings (SSSR count). The standard InChI is InChI=1S/C19H25N3O2S/c1-14(2)15-5-7-16(8-6-15)22-10-9-20-19(22)25-13-18(23)21-12-17-4-3-11-24-17/h5-10,14,17H,3-4,11-13H2,1-2H3,(H,21,23). The van der Waals surface area contributed by atoms with Gasteiger partial charge in [0.25, 0.3) is 0 Å². The topological polar surface area (TPSA) is 56.2 Å². The summed E-state index contributed by atoms with van der Waals surface area (Å²) in [5.74, 6) is 0.886. The van der Waals surface area contributed by atoms with E-state index < -0.39 is 0 Å². The molecule has 1 N–H and O–H groups in total. The second kappa shape index (κ2) is 8.54. The summed E-state index contributed by atoms with van der Waals surface area (Å²) in [5, 5.41) is 3.77. The van der Waals surface area contributed by atoms with E-state index in [0.717, 1.165) is 30.3 Å². The zero-order chi connectivity index (χ0) is 17.6. The van der Waals surface area contributed by atoms with E-state index in [0.29, 0.717) is 18.2 Å². The molecule has 5 nitrogen and oxygen atoms in total. The quantitative estimate of drug-likeness (QED) is 0.770. The van der Waals surface area contributed by atoms with Crippen molar-refractivity contribution in [2.24, 2.45) is 0 Å². The molecule has 1 fully saturated rings. The molecule has 0 aliphatic carbocycles. The second-order valence-electron chi connectivity index (χ2n) is 6.55. The molecule has 1 unspecified atom stereocenters. The van der Waals surface area contributed by atoms with E-state index in [9.17, 15) is 4.79 Å². The minimum atomic E-state index is 0.0187. The summed E-state index contributed by atoms with van der Waals surface area (Å²) in [6, 6.07) is 8.47. The predicted molar refractivity (Wildman–Crippen MR) is 100 cm³/mol. The van der Waals surface area contributed by atoms with Gasteiger partial charge in [-0.05, 0) is 36.5 Å². The molecule has 1 atom stereocenters. The number of benzene rings is 1. The average Bonchev–Trinajstić information content (AvgIpc) is 3.29. The third-order valence-corrected chi connectivity index (χ3v) is 5.29. The fraction of sp³-hybridized carbons (Fsp3) is 0.474. The molecule has 2 aromatic rings. The lowest BCUT2D eigenvalue weighted by Crippen LogP contribution is -2.32. The zero-order valence-corrected chi connectivity index (χ0v) is 15.6. The number of carbonyl (C=O) groups excluding carboxylic acids is 1. The number of thioether (sulfide) groups is 1.